The molecule has 0 aromatic carbocycles. The van der Waals surface area contributed by atoms with Gasteiger partial charge in [0.15, 0.2) is 0 Å². The number of likely N-dealkylation sites (N-methyl/N-ethyl adjacent to an activating group) is 1. The number of nitrogens with one attached hydrogen (secondary N) is 1. The van der Waals surface area contributed by atoms with E-state index in [1.54, 1.807) is 0 Å². The number of unbranched alkanes of at least 4 members (excludes halogenated alkanes) is 1. The van der Waals surface area contributed by atoms with Crippen molar-refractivity contribution in [2.24, 2.45) is 5.92 Å². The Morgan fingerprint density at radius 1 is 1.33 bits per heavy atom. The molecule has 0 fully saturated rings. The quantitative estimate of drug-likeness (QED) is 0.456. The molecule has 1 nitrogen and oxygen atoms in total. The Labute approximate surface area is 77.2 Å². The van der Waals surface area contributed by atoms with Crippen LogP contribution in [0.15, 0.2) is 12.2 Å². The summed E-state index contributed by atoms with van der Waals surface area (Å²) in [7, 11) is 0. The van der Waals surface area contributed by atoms with Crippen LogP contribution in [0.5, 0.6) is 0 Å². The minimum absolute atomic E-state index is 0.753. The summed E-state index contributed by atoms with van der Waals surface area (Å²) in [6.45, 7) is 8.75. The van der Waals surface area contributed by atoms with Gasteiger partial charge in [-0.1, -0.05) is 45.8 Å². The zero-order valence-corrected chi connectivity index (χ0v) is 8.77. The van der Waals surface area contributed by atoms with Gasteiger partial charge in [0.25, 0.3) is 0 Å². The summed E-state index contributed by atoms with van der Waals surface area (Å²) < 4.78 is 0. The van der Waals surface area contributed by atoms with Gasteiger partial charge in [0, 0.05) is 6.54 Å². The van der Waals surface area contributed by atoms with Crippen molar-refractivity contribution in [2.45, 2.75) is 40.0 Å². The fraction of sp³-hybridized carbons (Fsp3) is 0.818. The maximum absolute atomic E-state index is 3.27. The molecule has 0 aromatic rings. The first kappa shape index (κ1) is 11.7. The predicted octanol–water partition coefficient (Wildman–Crippen LogP) is 2.98. The second kappa shape index (κ2) is 8.79. The normalized spacial score (nSPS) is 13.9. The fourth-order valence-corrected chi connectivity index (χ4v) is 1.15. The zero-order chi connectivity index (χ0) is 9.23. The summed E-state index contributed by atoms with van der Waals surface area (Å²) in [4.78, 5) is 0. The molecule has 0 aliphatic carbocycles. The van der Waals surface area contributed by atoms with Crippen LogP contribution >= 0.6 is 0 Å². The Balaban J connectivity index is 3.27. The predicted molar refractivity (Wildman–Crippen MR) is 56.4 cm³/mol. The maximum atomic E-state index is 3.27. The number of hydrogen-bond acceptors (Lipinski definition) is 1. The van der Waals surface area contributed by atoms with E-state index in [-0.39, 0.29) is 0 Å². The summed E-state index contributed by atoms with van der Waals surface area (Å²) in [6, 6.07) is 0. The molecular formula is C11H23N. The highest BCUT2D eigenvalue weighted by molar-refractivity contribution is 4.87. The standard InChI is InChI=1S/C11H23N/c1-4-6-8-11(3)9-7-10-12-5-2/h7,9,11-12H,4-6,8,10H2,1-3H3/b9-7+. The Kier molecular flexibility index (Phi) is 8.57. The summed E-state index contributed by atoms with van der Waals surface area (Å²) in [5.41, 5.74) is 0. The molecule has 12 heavy (non-hydrogen) atoms. The highest BCUT2D eigenvalue weighted by Crippen LogP contribution is 2.08. The first-order valence-corrected chi connectivity index (χ1v) is 5.18. The van der Waals surface area contributed by atoms with Crippen LogP contribution in [0.1, 0.15) is 40.0 Å². The molecule has 0 bridgehead atoms. The Morgan fingerprint density at radius 2 is 2.08 bits per heavy atom. The smallest absolute Gasteiger partial charge is 0.0134 e. The second-order valence-corrected chi connectivity index (χ2v) is 3.36. The molecule has 0 aromatic heterocycles. The molecule has 0 radical (unpaired) electrons. The van der Waals surface area contributed by atoms with Crippen molar-refractivity contribution in [1.82, 2.24) is 5.32 Å². The molecule has 0 heterocycles. The Morgan fingerprint density at radius 3 is 2.67 bits per heavy atom. The minimum atomic E-state index is 0.753. The van der Waals surface area contributed by atoms with E-state index in [1.165, 1.54) is 19.3 Å². The van der Waals surface area contributed by atoms with Crippen LogP contribution in [0.4, 0.5) is 0 Å². The van der Waals surface area contributed by atoms with Gasteiger partial charge in [0.1, 0.15) is 0 Å². The third kappa shape index (κ3) is 7.80. The molecule has 0 saturated carbocycles. The van der Waals surface area contributed by atoms with Crippen LogP contribution in [0.3, 0.4) is 0 Å². The lowest BCUT2D eigenvalue weighted by Crippen LogP contribution is -2.11. The largest absolute Gasteiger partial charge is 0.314 e. The second-order valence-electron chi connectivity index (χ2n) is 3.36. The van der Waals surface area contributed by atoms with Crippen molar-refractivity contribution in [3.05, 3.63) is 12.2 Å². The van der Waals surface area contributed by atoms with E-state index in [9.17, 15) is 0 Å². The molecule has 72 valence electrons. The van der Waals surface area contributed by atoms with Crippen molar-refractivity contribution in [2.75, 3.05) is 13.1 Å². The summed E-state index contributed by atoms with van der Waals surface area (Å²) in [5, 5.41) is 3.27. The van der Waals surface area contributed by atoms with Gasteiger partial charge in [-0.25, -0.2) is 0 Å². The molecule has 0 rings (SSSR count). The topological polar surface area (TPSA) is 12.0 Å². The summed E-state index contributed by atoms with van der Waals surface area (Å²) in [5.74, 6) is 0.753. The molecule has 0 spiro atoms. The van der Waals surface area contributed by atoms with E-state index < -0.39 is 0 Å². The average Bonchev–Trinajstić information content (AvgIpc) is 2.09. The highest BCUT2D eigenvalue weighted by Gasteiger charge is 1.93. The van der Waals surface area contributed by atoms with Crippen LogP contribution in [0.2, 0.25) is 0 Å². The molecular weight excluding hydrogens is 146 g/mol. The third-order valence-corrected chi connectivity index (χ3v) is 1.99. The van der Waals surface area contributed by atoms with Crippen LogP contribution in [0.25, 0.3) is 0 Å². The monoisotopic (exact) mass is 169 g/mol. The van der Waals surface area contributed by atoms with Gasteiger partial charge < -0.3 is 5.32 Å². The number of rotatable bonds is 7. The molecule has 1 heteroatoms. The first-order valence-electron chi connectivity index (χ1n) is 5.18. The molecule has 1 N–H and O–H groups in total. The maximum Gasteiger partial charge on any atom is 0.0134 e. The third-order valence-electron chi connectivity index (χ3n) is 1.99. The van der Waals surface area contributed by atoms with E-state index in [0.717, 1.165) is 19.0 Å². The molecule has 0 amide bonds. The number of hydrogen-bond donors (Lipinski definition) is 1. The molecule has 0 aliphatic rings. The van der Waals surface area contributed by atoms with Crippen molar-refractivity contribution < 1.29 is 0 Å². The van der Waals surface area contributed by atoms with Crippen LogP contribution in [-0.4, -0.2) is 13.1 Å². The summed E-state index contributed by atoms with van der Waals surface area (Å²) in [6.07, 6.45) is 8.55. The zero-order valence-electron chi connectivity index (χ0n) is 8.77. The lowest BCUT2D eigenvalue weighted by atomic mass is 10.0. The SMILES string of the molecule is CCCCC(C)/C=C/CNCC. The van der Waals surface area contributed by atoms with Crippen LogP contribution in [0, 0.1) is 5.92 Å². The van der Waals surface area contributed by atoms with Gasteiger partial charge >= 0.3 is 0 Å². The van der Waals surface area contributed by atoms with Gasteiger partial charge in [0.2, 0.25) is 0 Å². The van der Waals surface area contributed by atoms with Crippen molar-refractivity contribution in [3.8, 4) is 0 Å². The van der Waals surface area contributed by atoms with E-state index in [4.69, 9.17) is 0 Å². The highest BCUT2D eigenvalue weighted by atomic mass is 14.8. The van der Waals surface area contributed by atoms with Crippen LogP contribution < -0.4 is 5.32 Å². The first-order chi connectivity index (χ1) is 5.81. The lowest BCUT2D eigenvalue weighted by molar-refractivity contribution is 0.596. The van der Waals surface area contributed by atoms with Gasteiger partial charge in [0.05, 0.1) is 0 Å². The Hall–Kier alpha value is -0.300. The van der Waals surface area contributed by atoms with Gasteiger partial charge in [-0.05, 0) is 18.9 Å². The molecule has 0 aliphatic heterocycles. The molecule has 0 saturated heterocycles. The van der Waals surface area contributed by atoms with Crippen molar-refractivity contribution in [3.63, 3.8) is 0 Å². The number of allylic oxidation sites excluding steroid dienone is 1. The van der Waals surface area contributed by atoms with E-state index in [0.29, 0.717) is 0 Å². The van der Waals surface area contributed by atoms with E-state index >= 15 is 0 Å². The minimum Gasteiger partial charge on any atom is -0.314 e. The molecule has 1 atom stereocenters. The average molecular weight is 169 g/mol. The van der Waals surface area contributed by atoms with Crippen LogP contribution in [-0.2, 0) is 0 Å². The Bertz CT molecular complexity index is 108. The lowest BCUT2D eigenvalue weighted by Gasteiger charge is -2.03. The van der Waals surface area contributed by atoms with Gasteiger partial charge in [-0.15, -0.1) is 0 Å². The fourth-order valence-electron chi connectivity index (χ4n) is 1.15. The van der Waals surface area contributed by atoms with E-state index in [1.807, 2.05) is 0 Å². The van der Waals surface area contributed by atoms with Gasteiger partial charge in [-0.2, -0.15) is 0 Å². The molecule has 1 unspecified atom stereocenters. The van der Waals surface area contributed by atoms with E-state index in [2.05, 4.69) is 38.2 Å². The van der Waals surface area contributed by atoms with Gasteiger partial charge in [-0.3, -0.25) is 0 Å². The van der Waals surface area contributed by atoms with Crippen molar-refractivity contribution in [1.29, 1.82) is 0 Å². The van der Waals surface area contributed by atoms with Crippen molar-refractivity contribution >= 4 is 0 Å². The summed E-state index contributed by atoms with van der Waals surface area (Å²) >= 11 is 0.